The molecule has 0 aliphatic rings. The number of benzene rings is 2. The molecule has 1 atom stereocenters. The number of carbonyl (C=O) groups is 1. The Balaban J connectivity index is 1.83. The van der Waals surface area contributed by atoms with Crippen molar-refractivity contribution in [1.29, 1.82) is 0 Å². The second-order valence-electron chi connectivity index (χ2n) is 6.00. The molecule has 146 valence electrons. The first kappa shape index (κ1) is 20.5. The van der Waals surface area contributed by atoms with Gasteiger partial charge in [0.15, 0.2) is 0 Å². The number of nitrogens with one attached hydrogen (secondary N) is 2. The Morgan fingerprint density at radius 1 is 1.07 bits per heavy atom. The molecule has 3 rings (SSSR count). The predicted molar refractivity (Wildman–Crippen MR) is 112 cm³/mol. The molecule has 0 aliphatic carbocycles. The largest absolute Gasteiger partial charge is 0.340 e. The van der Waals surface area contributed by atoms with Crippen molar-refractivity contribution in [3.8, 4) is 0 Å². The summed E-state index contributed by atoms with van der Waals surface area (Å²) in [5, 5.41) is 5.59. The van der Waals surface area contributed by atoms with Crippen molar-refractivity contribution in [3.05, 3.63) is 87.1 Å². The van der Waals surface area contributed by atoms with Gasteiger partial charge in [0.05, 0.1) is 10.9 Å². The summed E-state index contributed by atoms with van der Waals surface area (Å²) >= 11 is 7.52. The van der Waals surface area contributed by atoms with Crippen LogP contribution in [0, 0.1) is 0 Å². The molecule has 0 saturated heterocycles. The SMILES string of the molecule is CCNS(=O)(=O)c1ccc(C(=O)NC(c2ccc(Cl)cc2)c2cccs2)cc1. The maximum Gasteiger partial charge on any atom is 0.252 e. The molecule has 28 heavy (non-hydrogen) atoms. The lowest BCUT2D eigenvalue weighted by atomic mass is 10.0. The van der Waals surface area contributed by atoms with Crippen LogP contribution >= 0.6 is 22.9 Å². The normalized spacial score (nSPS) is 12.5. The van der Waals surface area contributed by atoms with Crippen LogP contribution in [-0.2, 0) is 10.0 Å². The average Bonchev–Trinajstić information content (AvgIpc) is 3.21. The zero-order valence-electron chi connectivity index (χ0n) is 15.1. The fourth-order valence-corrected chi connectivity index (χ4v) is 4.67. The van der Waals surface area contributed by atoms with Gasteiger partial charge in [0.2, 0.25) is 10.0 Å². The summed E-state index contributed by atoms with van der Waals surface area (Å²) in [5.41, 5.74) is 1.29. The van der Waals surface area contributed by atoms with E-state index >= 15 is 0 Å². The molecule has 0 bridgehead atoms. The minimum atomic E-state index is -3.55. The molecule has 0 saturated carbocycles. The molecule has 0 aliphatic heterocycles. The molecule has 0 fully saturated rings. The Kier molecular flexibility index (Phi) is 6.51. The van der Waals surface area contributed by atoms with E-state index in [1.165, 1.54) is 24.3 Å². The van der Waals surface area contributed by atoms with Crippen molar-refractivity contribution >= 4 is 38.9 Å². The zero-order valence-corrected chi connectivity index (χ0v) is 17.4. The van der Waals surface area contributed by atoms with Gasteiger partial charge in [-0.2, -0.15) is 0 Å². The summed E-state index contributed by atoms with van der Waals surface area (Å²) in [6.45, 7) is 2.01. The smallest absolute Gasteiger partial charge is 0.252 e. The van der Waals surface area contributed by atoms with Crippen LogP contribution in [0.4, 0.5) is 0 Å². The molecule has 1 unspecified atom stereocenters. The van der Waals surface area contributed by atoms with E-state index < -0.39 is 10.0 Å². The molecule has 2 N–H and O–H groups in total. The van der Waals surface area contributed by atoms with E-state index in [2.05, 4.69) is 10.0 Å². The third-order valence-electron chi connectivity index (χ3n) is 4.07. The highest BCUT2D eigenvalue weighted by Gasteiger charge is 2.20. The van der Waals surface area contributed by atoms with E-state index in [1.807, 2.05) is 29.6 Å². The van der Waals surface area contributed by atoms with Crippen LogP contribution in [0.5, 0.6) is 0 Å². The van der Waals surface area contributed by atoms with Gasteiger partial charge in [0.1, 0.15) is 0 Å². The summed E-state index contributed by atoms with van der Waals surface area (Å²) in [4.78, 5) is 13.9. The number of hydrogen-bond acceptors (Lipinski definition) is 4. The van der Waals surface area contributed by atoms with E-state index in [1.54, 1.807) is 30.4 Å². The third-order valence-corrected chi connectivity index (χ3v) is 6.82. The van der Waals surface area contributed by atoms with Crippen molar-refractivity contribution in [3.63, 3.8) is 0 Å². The van der Waals surface area contributed by atoms with Gasteiger partial charge in [-0.05, 0) is 53.4 Å². The molecule has 1 amide bonds. The monoisotopic (exact) mass is 434 g/mol. The molecule has 5 nitrogen and oxygen atoms in total. The molecule has 3 aromatic rings. The second-order valence-corrected chi connectivity index (χ2v) is 9.18. The Hall–Kier alpha value is -2.19. The summed E-state index contributed by atoms with van der Waals surface area (Å²) in [6.07, 6.45) is 0. The van der Waals surface area contributed by atoms with Crippen LogP contribution in [0.2, 0.25) is 5.02 Å². The van der Waals surface area contributed by atoms with Gasteiger partial charge in [0, 0.05) is 22.0 Å². The Labute approximate surface area is 173 Å². The first-order chi connectivity index (χ1) is 13.4. The maximum absolute atomic E-state index is 12.8. The lowest BCUT2D eigenvalue weighted by Gasteiger charge is -2.18. The van der Waals surface area contributed by atoms with E-state index in [-0.39, 0.29) is 16.8 Å². The fourth-order valence-electron chi connectivity index (χ4n) is 2.70. The van der Waals surface area contributed by atoms with E-state index in [9.17, 15) is 13.2 Å². The Morgan fingerprint density at radius 3 is 2.32 bits per heavy atom. The van der Waals surface area contributed by atoms with Crippen LogP contribution in [-0.4, -0.2) is 20.9 Å². The molecule has 2 aromatic carbocycles. The number of halogens is 1. The topological polar surface area (TPSA) is 75.3 Å². The van der Waals surface area contributed by atoms with Gasteiger partial charge in [-0.3, -0.25) is 4.79 Å². The van der Waals surface area contributed by atoms with E-state index in [4.69, 9.17) is 11.6 Å². The predicted octanol–water partition coefficient (Wildman–Crippen LogP) is 4.22. The van der Waals surface area contributed by atoms with E-state index in [0.29, 0.717) is 17.1 Å². The van der Waals surface area contributed by atoms with Gasteiger partial charge in [-0.1, -0.05) is 36.7 Å². The maximum atomic E-state index is 12.8. The molecule has 8 heteroatoms. The highest BCUT2D eigenvalue weighted by atomic mass is 35.5. The number of amides is 1. The van der Waals surface area contributed by atoms with Gasteiger partial charge in [0.25, 0.3) is 5.91 Å². The molecular weight excluding hydrogens is 416 g/mol. The summed E-state index contributed by atoms with van der Waals surface area (Å²) in [5.74, 6) is -0.291. The van der Waals surface area contributed by atoms with Crippen LogP contribution in [0.15, 0.2) is 70.9 Å². The number of hydrogen-bond donors (Lipinski definition) is 2. The highest BCUT2D eigenvalue weighted by Crippen LogP contribution is 2.27. The first-order valence-electron chi connectivity index (χ1n) is 8.60. The number of thiophene rings is 1. The minimum Gasteiger partial charge on any atom is -0.340 e. The fraction of sp³-hybridized carbons (Fsp3) is 0.150. The van der Waals surface area contributed by atoms with Crippen molar-refractivity contribution in [2.45, 2.75) is 17.9 Å². The average molecular weight is 435 g/mol. The van der Waals surface area contributed by atoms with Gasteiger partial charge < -0.3 is 5.32 Å². The number of rotatable bonds is 7. The Morgan fingerprint density at radius 2 is 1.75 bits per heavy atom. The minimum absolute atomic E-state index is 0.124. The van der Waals surface area contributed by atoms with Crippen molar-refractivity contribution in [1.82, 2.24) is 10.0 Å². The Bertz CT molecular complexity index is 1030. The van der Waals surface area contributed by atoms with Crippen LogP contribution in [0.3, 0.4) is 0 Å². The standard InChI is InChI=1S/C20H19ClN2O3S2/c1-2-22-28(25,26)17-11-7-15(8-12-17)20(24)23-19(18-4-3-13-27-18)14-5-9-16(21)10-6-14/h3-13,19,22H,2H2,1H3,(H,23,24). The van der Waals surface area contributed by atoms with Crippen LogP contribution in [0.1, 0.15) is 33.8 Å². The van der Waals surface area contributed by atoms with Gasteiger partial charge in [-0.25, -0.2) is 13.1 Å². The molecule has 1 heterocycles. The first-order valence-corrected chi connectivity index (χ1v) is 11.3. The van der Waals surface area contributed by atoms with Gasteiger partial charge in [-0.15, -0.1) is 11.3 Å². The number of carbonyl (C=O) groups excluding carboxylic acids is 1. The van der Waals surface area contributed by atoms with E-state index in [0.717, 1.165) is 10.4 Å². The van der Waals surface area contributed by atoms with Crippen LogP contribution in [0.25, 0.3) is 0 Å². The molecular formula is C20H19ClN2O3S2. The zero-order chi connectivity index (χ0) is 20.1. The number of sulfonamides is 1. The lowest BCUT2D eigenvalue weighted by Crippen LogP contribution is -2.29. The second kappa shape index (κ2) is 8.87. The van der Waals surface area contributed by atoms with Crippen molar-refractivity contribution in [2.75, 3.05) is 6.54 Å². The summed E-state index contributed by atoms with van der Waals surface area (Å²) < 4.78 is 26.5. The van der Waals surface area contributed by atoms with Crippen molar-refractivity contribution < 1.29 is 13.2 Å². The highest BCUT2D eigenvalue weighted by molar-refractivity contribution is 7.89. The molecule has 0 radical (unpaired) electrons. The van der Waals surface area contributed by atoms with Gasteiger partial charge >= 0.3 is 0 Å². The quantitative estimate of drug-likeness (QED) is 0.584. The summed E-state index contributed by atoms with van der Waals surface area (Å²) in [6, 6.07) is 16.7. The third kappa shape index (κ3) is 4.80. The molecule has 1 aromatic heterocycles. The van der Waals surface area contributed by atoms with Crippen LogP contribution < -0.4 is 10.0 Å². The van der Waals surface area contributed by atoms with Crippen molar-refractivity contribution in [2.24, 2.45) is 0 Å². The molecule has 0 spiro atoms. The summed E-state index contributed by atoms with van der Waals surface area (Å²) in [7, 11) is -3.55. The lowest BCUT2D eigenvalue weighted by molar-refractivity contribution is 0.0943.